The summed E-state index contributed by atoms with van der Waals surface area (Å²) >= 11 is 0. The number of benzene rings is 2. The van der Waals surface area contributed by atoms with Crippen LogP contribution in [0.4, 0.5) is 0 Å². The van der Waals surface area contributed by atoms with Gasteiger partial charge in [-0.1, -0.05) is 25.1 Å². The molecule has 0 saturated carbocycles. The van der Waals surface area contributed by atoms with Crippen molar-refractivity contribution in [2.24, 2.45) is 0 Å². The summed E-state index contributed by atoms with van der Waals surface area (Å²) in [6, 6.07) is 13.0. The van der Waals surface area contributed by atoms with Gasteiger partial charge in [-0.15, -0.1) is 0 Å². The Morgan fingerprint density at radius 1 is 1.13 bits per heavy atom. The molecule has 2 aromatic carbocycles. The Bertz CT molecular complexity index is 1070. The summed E-state index contributed by atoms with van der Waals surface area (Å²) in [5.41, 5.74) is 4.33. The van der Waals surface area contributed by atoms with Gasteiger partial charge in [0.05, 0.1) is 22.1 Å². The van der Waals surface area contributed by atoms with E-state index < -0.39 is 5.97 Å². The number of hydrogen-bond donors (Lipinski definition) is 1. The predicted molar refractivity (Wildman–Crippen MR) is 89.8 cm³/mol. The molecule has 114 valence electrons. The van der Waals surface area contributed by atoms with Crippen molar-refractivity contribution in [3.8, 4) is 0 Å². The highest BCUT2D eigenvalue weighted by Crippen LogP contribution is 2.28. The number of carboxylic acid groups (broad SMARTS) is 1. The van der Waals surface area contributed by atoms with Crippen LogP contribution in [0.1, 0.15) is 23.7 Å². The number of carbonyl (C=O) groups is 1. The van der Waals surface area contributed by atoms with Crippen molar-refractivity contribution in [3.63, 3.8) is 0 Å². The Balaban J connectivity index is 2.13. The molecule has 0 bridgehead atoms. The second-order valence-electron chi connectivity index (χ2n) is 5.57. The maximum atomic E-state index is 11.2. The molecule has 0 aliphatic carbocycles. The first-order chi connectivity index (χ1) is 11.2. The predicted octanol–water partition coefficient (Wildman–Crippen LogP) is 3.85. The van der Waals surface area contributed by atoms with Crippen molar-refractivity contribution in [2.45, 2.75) is 19.9 Å². The molecule has 5 heteroatoms. The molecule has 2 aromatic heterocycles. The van der Waals surface area contributed by atoms with Crippen molar-refractivity contribution < 1.29 is 9.90 Å². The van der Waals surface area contributed by atoms with E-state index in [9.17, 15) is 4.79 Å². The first-order valence-corrected chi connectivity index (χ1v) is 7.61. The minimum Gasteiger partial charge on any atom is -0.478 e. The Labute approximate surface area is 132 Å². The highest BCUT2D eigenvalue weighted by molar-refractivity contribution is 6.06. The maximum Gasteiger partial charge on any atom is 0.335 e. The lowest BCUT2D eigenvalue weighted by Gasteiger charge is -2.05. The van der Waals surface area contributed by atoms with Crippen LogP contribution in [0.2, 0.25) is 0 Å². The number of rotatable bonds is 3. The van der Waals surface area contributed by atoms with Crippen LogP contribution in [0, 0.1) is 0 Å². The standard InChI is InChI=1S/C18H15N3O2/c1-2-9-21-15-6-4-3-5-12(15)16-17(21)20-14-10-11(18(22)23)7-8-13(14)19-16/h3-8,10H,2,9H2,1H3,(H,22,23). The average molecular weight is 305 g/mol. The zero-order chi connectivity index (χ0) is 16.0. The molecule has 23 heavy (non-hydrogen) atoms. The fourth-order valence-corrected chi connectivity index (χ4v) is 3.02. The molecule has 4 rings (SSSR count). The summed E-state index contributed by atoms with van der Waals surface area (Å²) in [6.07, 6.45) is 0.989. The molecule has 0 saturated heterocycles. The van der Waals surface area contributed by atoms with E-state index in [4.69, 9.17) is 15.1 Å². The summed E-state index contributed by atoms with van der Waals surface area (Å²) in [4.78, 5) is 20.6. The van der Waals surface area contributed by atoms with Crippen LogP contribution in [0.3, 0.4) is 0 Å². The van der Waals surface area contributed by atoms with Crippen molar-refractivity contribution in [1.29, 1.82) is 0 Å². The summed E-state index contributed by atoms with van der Waals surface area (Å²) < 4.78 is 2.16. The van der Waals surface area contributed by atoms with Gasteiger partial charge in [0.25, 0.3) is 0 Å². The van der Waals surface area contributed by atoms with Crippen LogP contribution in [-0.2, 0) is 6.54 Å². The molecule has 0 unspecified atom stereocenters. The van der Waals surface area contributed by atoms with Gasteiger partial charge in [-0.05, 0) is 30.7 Å². The van der Waals surface area contributed by atoms with Gasteiger partial charge in [0, 0.05) is 11.9 Å². The van der Waals surface area contributed by atoms with E-state index in [0.717, 1.165) is 35.0 Å². The fourth-order valence-electron chi connectivity index (χ4n) is 3.02. The number of aromatic nitrogens is 3. The smallest absolute Gasteiger partial charge is 0.335 e. The molecule has 4 aromatic rings. The van der Waals surface area contributed by atoms with Crippen LogP contribution in [0.25, 0.3) is 33.1 Å². The Morgan fingerprint density at radius 2 is 1.96 bits per heavy atom. The zero-order valence-corrected chi connectivity index (χ0v) is 12.7. The SMILES string of the molecule is CCCn1c2ccccc2c2nc3ccc(C(=O)O)cc3nc21. The monoisotopic (exact) mass is 305 g/mol. The normalized spacial score (nSPS) is 11.5. The van der Waals surface area contributed by atoms with Gasteiger partial charge in [-0.2, -0.15) is 0 Å². The van der Waals surface area contributed by atoms with Gasteiger partial charge in [0.1, 0.15) is 5.52 Å². The maximum absolute atomic E-state index is 11.2. The van der Waals surface area contributed by atoms with Crippen molar-refractivity contribution in [1.82, 2.24) is 14.5 Å². The van der Waals surface area contributed by atoms with E-state index in [1.54, 1.807) is 18.2 Å². The Hall–Kier alpha value is -2.95. The zero-order valence-electron chi connectivity index (χ0n) is 12.7. The van der Waals surface area contributed by atoms with Gasteiger partial charge >= 0.3 is 5.97 Å². The quantitative estimate of drug-likeness (QED) is 0.624. The van der Waals surface area contributed by atoms with Crippen LogP contribution < -0.4 is 0 Å². The fraction of sp³-hybridized carbons (Fsp3) is 0.167. The third kappa shape index (κ3) is 2.04. The van der Waals surface area contributed by atoms with Crippen LogP contribution in [0.15, 0.2) is 42.5 Å². The van der Waals surface area contributed by atoms with Gasteiger partial charge in [-0.25, -0.2) is 14.8 Å². The van der Waals surface area contributed by atoms with Crippen molar-refractivity contribution in [2.75, 3.05) is 0 Å². The third-order valence-electron chi connectivity index (χ3n) is 4.05. The van der Waals surface area contributed by atoms with Gasteiger partial charge in [0.15, 0.2) is 5.65 Å². The first-order valence-electron chi connectivity index (χ1n) is 7.61. The van der Waals surface area contributed by atoms with Gasteiger partial charge in [-0.3, -0.25) is 0 Å². The highest BCUT2D eigenvalue weighted by atomic mass is 16.4. The van der Waals surface area contributed by atoms with Gasteiger partial charge in [0.2, 0.25) is 0 Å². The van der Waals surface area contributed by atoms with E-state index in [0.29, 0.717) is 11.0 Å². The Morgan fingerprint density at radius 3 is 2.74 bits per heavy atom. The average Bonchev–Trinajstić information content (AvgIpc) is 2.86. The summed E-state index contributed by atoms with van der Waals surface area (Å²) in [5, 5.41) is 10.2. The summed E-state index contributed by atoms with van der Waals surface area (Å²) in [6.45, 7) is 2.97. The van der Waals surface area contributed by atoms with Crippen LogP contribution in [-0.4, -0.2) is 25.6 Å². The number of aryl methyl sites for hydroxylation is 1. The lowest BCUT2D eigenvalue weighted by Crippen LogP contribution is -2.00. The number of nitrogens with zero attached hydrogens (tertiary/aromatic N) is 3. The number of fused-ring (bicyclic) bond motifs is 4. The third-order valence-corrected chi connectivity index (χ3v) is 4.05. The topological polar surface area (TPSA) is 68.0 Å². The molecular weight excluding hydrogens is 290 g/mol. The lowest BCUT2D eigenvalue weighted by molar-refractivity contribution is 0.0697. The Kier molecular flexibility index (Phi) is 3.01. The minimum atomic E-state index is -0.956. The minimum absolute atomic E-state index is 0.226. The first kappa shape index (κ1) is 13.7. The van der Waals surface area contributed by atoms with Crippen LogP contribution >= 0.6 is 0 Å². The number of hydrogen-bond acceptors (Lipinski definition) is 3. The van der Waals surface area contributed by atoms with Crippen LogP contribution in [0.5, 0.6) is 0 Å². The van der Waals surface area contributed by atoms with Gasteiger partial charge < -0.3 is 9.67 Å². The largest absolute Gasteiger partial charge is 0.478 e. The molecule has 0 atom stereocenters. The lowest BCUT2D eigenvalue weighted by atomic mass is 10.2. The van der Waals surface area contributed by atoms with E-state index in [1.807, 2.05) is 12.1 Å². The highest BCUT2D eigenvalue weighted by Gasteiger charge is 2.14. The molecule has 5 nitrogen and oxygen atoms in total. The molecule has 1 N–H and O–H groups in total. The second-order valence-corrected chi connectivity index (χ2v) is 5.57. The van der Waals surface area contributed by atoms with Crippen molar-refractivity contribution in [3.05, 3.63) is 48.0 Å². The molecular formula is C18H15N3O2. The molecule has 0 fully saturated rings. The molecule has 0 aliphatic rings. The second kappa shape index (κ2) is 5.05. The molecule has 0 radical (unpaired) electrons. The summed E-state index contributed by atoms with van der Waals surface area (Å²) in [5.74, 6) is -0.956. The molecule has 2 heterocycles. The summed E-state index contributed by atoms with van der Waals surface area (Å²) in [7, 11) is 0. The number of carboxylic acids is 1. The number of aromatic carboxylic acids is 1. The van der Waals surface area contributed by atoms with Crippen molar-refractivity contribution >= 4 is 39.1 Å². The number of para-hydroxylation sites is 1. The molecule has 0 spiro atoms. The van der Waals surface area contributed by atoms with E-state index >= 15 is 0 Å². The van der Waals surface area contributed by atoms with E-state index in [-0.39, 0.29) is 5.56 Å². The molecule has 0 aliphatic heterocycles. The molecule has 0 amide bonds. The van der Waals surface area contributed by atoms with E-state index in [1.165, 1.54) is 0 Å². The van der Waals surface area contributed by atoms with E-state index in [2.05, 4.69) is 23.6 Å².